The van der Waals surface area contributed by atoms with E-state index in [2.05, 4.69) is 53.4 Å². The molecule has 7 heteroatoms. The molecule has 0 amide bonds. The molecule has 0 aromatic carbocycles. The number of aliphatic imine (C=N–C) groups is 1. The third kappa shape index (κ3) is 5.84. The zero-order valence-electron chi connectivity index (χ0n) is 16.4. The largest absolute Gasteiger partial charge is 0.379 e. The van der Waals surface area contributed by atoms with Crippen LogP contribution in [0.2, 0.25) is 0 Å². The molecule has 0 spiro atoms. The van der Waals surface area contributed by atoms with Crippen LogP contribution in [0.25, 0.3) is 5.82 Å². The number of nitrogens with one attached hydrogen (secondary N) is 2. The maximum absolute atomic E-state index is 5.60. The smallest absolute Gasteiger partial charge is 0.191 e. The summed E-state index contributed by atoms with van der Waals surface area (Å²) in [4.78, 5) is 9.02. The molecule has 0 aliphatic carbocycles. The maximum Gasteiger partial charge on any atom is 0.191 e. The average molecular weight is 358 g/mol. The van der Waals surface area contributed by atoms with E-state index in [0.717, 1.165) is 23.9 Å². The number of methoxy groups -OCH3 is 1. The van der Waals surface area contributed by atoms with Gasteiger partial charge in [-0.25, -0.2) is 14.7 Å². The maximum atomic E-state index is 5.60. The van der Waals surface area contributed by atoms with Crippen LogP contribution >= 0.6 is 0 Å². The summed E-state index contributed by atoms with van der Waals surface area (Å²) in [6, 6.07) is 5.83. The van der Waals surface area contributed by atoms with Crippen LogP contribution in [0.3, 0.4) is 0 Å². The van der Waals surface area contributed by atoms with Gasteiger partial charge in [0.25, 0.3) is 0 Å². The van der Waals surface area contributed by atoms with Crippen LogP contribution in [0.15, 0.2) is 41.8 Å². The zero-order valence-corrected chi connectivity index (χ0v) is 16.4. The van der Waals surface area contributed by atoms with Crippen LogP contribution in [-0.2, 0) is 11.3 Å². The van der Waals surface area contributed by atoms with Crippen molar-refractivity contribution in [3.8, 4) is 5.82 Å². The summed E-state index contributed by atoms with van der Waals surface area (Å²) in [5.74, 6) is 1.56. The number of rotatable bonds is 7. The molecule has 1 atom stereocenters. The van der Waals surface area contributed by atoms with Crippen molar-refractivity contribution in [1.29, 1.82) is 0 Å². The summed E-state index contributed by atoms with van der Waals surface area (Å²) in [5, 5.41) is 10.9. The molecule has 2 aromatic heterocycles. The second-order valence-electron chi connectivity index (χ2n) is 7.14. The van der Waals surface area contributed by atoms with Crippen LogP contribution in [0.4, 0.5) is 0 Å². The molecule has 26 heavy (non-hydrogen) atoms. The SMILES string of the molecule is CCNC(=NCc1ccnc(-n2cccn2)c1)NCC(OC)C(C)(C)C. The number of ether oxygens (including phenoxy) is 1. The number of pyridine rings is 1. The Kier molecular flexibility index (Phi) is 7.15. The first-order chi connectivity index (χ1) is 12.4. The number of hydrogen-bond acceptors (Lipinski definition) is 4. The fraction of sp³-hybridized carbons (Fsp3) is 0.526. The third-order valence-corrected chi connectivity index (χ3v) is 4.02. The van der Waals surface area contributed by atoms with Gasteiger partial charge in [0.2, 0.25) is 0 Å². The summed E-state index contributed by atoms with van der Waals surface area (Å²) in [6.45, 7) is 10.6. The monoisotopic (exact) mass is 358 g/mol. The lowest BCUT2D eigenvalue weighted by atomic mass is 9.89. The first-order valence-electron chi connectivity index (χ1n) is 8.94. The fourth-order valence-electron chi connectivity index (χ4n) is 2.53. The summed E-state index contributed by atoms with van der Waals surface area (Å²) < 4.78 is 7.34. The van der Waals surface area contributed by atoms with Crippen molar-refractivity contribution in [1.82, 2.24) is 25.4 Å². The fourth-order valence-corrected chi connectivity index (χ4v) is 2.53. The Bertz CT molecular complexity index is 690. The Morgan fingerprint density at radius 1 is 1.31 bits per heavy atom. The van der Waals surface area contributed by atoms with E-state index in [-0.39, 0.29) is 11.5 Å². The lowest BCUT2D eigenvalue weighted by Crippen LogP contribution is -2.45. The Hall–Kier alpha value is -2.41. The molecule has 2 N–H and O–H groups in total. The molecule has 0 aliphatic rings. The molecule has 2 rings (SSSR count). The van der Waals surface area contributed by atoms with Gasteiger partial charge in [-0.2, -0.15) is 5.10 Å². The van der Waals surface area contributed by atoms with E-state index in [0.29, 0.717) is 13.1 Å². The minimum atomic E-state index is 0.0584. The van der Waals surface area contributed by atoms with Crippen LogP contribution in [0.1, 0.15) is 33.3 Å². The highest BCUT2D eigenvalue weighted by Crippen LogP contribution is 2.20. The minimum absolute atomic E-state index is 0.0584. The van der Waals surface area contributed by atoms with E-state index in [1.165, 1.54) is 0 Å². The van der Waals surface area contributed by atoms with E-state index in [9.17, 15) is 0 Å². The van der Waals surface area contributed by atoms with Gasteiger partial charge in [-0.1, -0.05) is 20.8 Å². The summed E-state index contributed by atoms with van der Waals surface area (Å²) in [7, 11) is 1.75. The van der Waals surface area contributed by atoms with Gasteiger partial charge >= 0.3 is 0 Å². The Balaban J connectivity index is 2.03. The average Bonchev–Trinajstić information content (AvgIpc) is 3.14. The van der Waals surface area contributed by atoms with Crippen molar-refractivity contribution in [3.63, 3.8) is 0 Å². The summed E-state index contributed by atoms with van der Waals surface area (Å²) in [5.41, 5.74) is 1.13. The second-order valence-corrected chi connectivity index (χ2v) is 7.14. The first kappa shape index (κ1) is 19.9. The quantitative estimate of drug-likeness (QED) is 0.587. The standard InChI is InChI=1S/C19H30N6O/c1-6-20-18(23-14-16(26-5)19(2,3)4)22-13-15-8-10-21-17(12-15)25-11-7-9-24-25/h7-12,16H,6,13-14H2,1-5H3,(H2,20,22,23). The van der Waals surface area contributed by atoms with E-state index in [1.54, 1.807) is 24.2 Å². The van der Waals surface area contributed by atoms with Crippen molar-refractivity contribution in [2.75, 3.05) is 20.2 Å². The van der Waals surface area contributed by atoms with E-state index < -0.39 is 0 Å². The van der Waals surface area contributed by atoms with Crippen molar-refractivity contribution in [3.05, 3.63) is 42.4 Å². The topological polar surface area (TPSA) is 76.4 Å². The molecule has 7 nitrogen and oxygen atoms in total. The van der Waals surface area contributed by atoms with Gasteiger partial charge in [-0.15, -0.1) is 0 Å². The first-order valence-corrected chi connectivity index (χ1v) is 8.94. The van der Waals surface area contributed by atoms with E-state index in [4.69, 9.17) is 4.74 Å². The molecule has 0 saturated heterocycles. The molecule has 2 heterocycles. The van der Waals surface area contributed by atoms with Gasteiger partial charge in [-0.05, 0) is 36.1 Å². The predicted molar refractivity (Wildman–Crippen MR) is 104 cm³/mol. The lowest BCUT2D eigenvalue weighted by molar-refractivity contribution is 0.0205. The number of nitrogens with zero attached hydrogens (tertiary/aromatic N) is 4. The predicted octanol–water partition coefficient (Wildman–Crippen LogP) is 2.38. The van der Waals surface area contributed by atoms with Crippen molar-refractivity contribution in [2.24, 2.45) is 10.4 Å². The Morgan fingerprint density at radius 2 is 2.12 bits per heavy atom. The van der Waals surface area contributed by atoms with Crippen molar-refractivity contribution >= 4 is 5.96 Å². The van der Waals surface area contributed by atoms with Gasteiger partial charge in [0.1, 0.15) is 0 Å². The highest BCUT2D eigenvalue weighted by molar-refractivity contribution is 5.79. The molecule has 0 radical (unpaired) electrons. The molecule has 0 bridgehead atoms. The van der Waals surface area contributed by atoms with Crippen LogP contribution in [-0.4, -0.2) is 47.0 Å². The molecule has 0 fully saturated rings. The van der Waals surface area contributed by atoms with Crippen LogP contribution < -0.4 is 10.6 Å². The van der Waals surface area contributed by atoms with Gasteiger partial charge < -0.3 is 15.4 Å². The van der Waals surface area contributed by atoms with E-state index in [1.807, 2.05) is 24.4 Å². The highest BCUT2D eigenvalue weighted by Gasteiger charge is 2.24. The zero-order chi connectivity index (χ0) is 19.0. The van der Waals surface area contributed by atoms with E-state index >= 15 is 0 Å². The summed E-state index contributed by atoms with van der Waals surface area (Å²) in [6.07, 6.45) is 5.49. The minimum Gasteiger partial charge on any atom is -0.379 e. The molecular formula is C19H30N6O. The second kappa shape index (κ2) is 9.33. The summed E-state index contributed by atoms with van der Waals surface area (Å²) >= 11 is 0. The number of aromatic nitrogens is 3. The number of guanidine groups is 1. The Morgan fingerprint density at radius 3 is 2.73 bits per heavy atom. The third-order valence-electron chi connectivity index (χ3n) is 4.02. The van der Waals surface area contributed by atoms with Gasteiger partial charge in [0, 0.05) is 38.8 Å². The highest BCUT2D eigenvalue weighted by atomic mass is 16.5. The molecular weight excluding hydrogens is 328 g/mol. The normalized spacial score (nSPS) is 13.5. The van der Waals surface area contributed by atoms with Crippen molar-refractivity contribution < 1.29 is 4.74 Å². The molecule has 2 aromatic rings. The van der Waals surface area contributed by atoms with Gasteiger partial charge in [0.15, 0.2) is 11.8 Å². The van der Waals surface area contributed by atoms with Crippen LogP contribution in [0.5, 0.6) is 0 Å². The molecule has 0 aliphatic heterocycles. The lowest BCUT2D eigenvalue weighted by Gasteiger charge is -2.30. The molecule has 1 unspecified atom stereocenters. The van der Waals surface area contributed by atoms with Gasteiger partial charge in [0.05, 0.1) is 12.6 Å². The Labute approximate surface area is 155 Å². The van der Waals surface area contributed by atoms with Gasteiger partial charge in [-0.3, -0.25) is 0 Å². The molecule has 142 valence electrons. The van der Waals surface area contributed by atoms with Crippen molar-refractivity contribution in [2.45, 2.75) is 40.3 Å². The molecule has 0 saturated carbocycles. The number of hydrogen-bond donors (Lipinski definition) is 2. The van der Waals surface area contributed by atoms with Crippen LogP contribution in [0, 0.1) is 5.41 Å².